The van der Waals surface area contributed by atoms with Crippen molar-refractivity contribution in [1.29, 1.82) is 0 Å². The molecule has 0 bridgehead atoms. The highest BCUT2D eigenvalue weighted by Crippen LogP contribution is 2.25. The molecule has 0 radical (unpaired) electrons. The quantitative estimate of drug-likeness (QED) is 0.243. The molecule has 0 aliphatic carbocycles. The molecule has 0 fully saturated rings. The Balaban J connectivity index is 1.45. The van der Waals surface area contributed by atoms with Crippen molar-refractivity contribution in [3.63, 3.8) is 0 Å². The van der Waals surface area contributed by atoms with Crippen LogP contribution in [0.4, 0.5) is 0 Å². The molecule has 0 atom stereocenters. The molecule has 1 heterocycles. The van der Waals surface area contributed by atoms with Crippen LogP contribution in [-0.4, -0.2) is 32.5 Å². The molecule has 1 amide bonds. The number of hydrazone groups is 1. The third-order valence-electron chi connectivity index (χ3n) is 4.48. The van der Waals surface area contributed by atoms with Gasteiger partial charge in [0.15, 0.2) is 5.16 Å². The van der Waals surface area contributed by atoms with Crippen molar-refractivity contribution in [3.05, 3.63) is 88.9 Å². The molecular weight excluding hydrogens is 432 g/mol. The number of amides is 1. The number of carbonyl (C=O) groups excluding carboxylic acids is 1. The number of nitrogens with zero attached hydrogens (tertiary/aromatic N) is 3. The number of carbonyl (C=O) groups is 1. The summed E-state index contributed by atoms with van der Waals surface area (Å²) in [5, 5.41) is 14.9. The van der Waals surface area contributed by atoms with Crippen LogP contribution in [0.2, 0.25) is 5.02 Å². The predicted molar refractivity (Wildman–Crippen MR) is 125 cm³/mol. The molecule has 8 heteroatoms. The average Bonchev–Trinajstić information content (AvgIpc) is 3.11. The molecule has 0 spiro atoms. The van der Waals surface area contributed by atoms with Crippen molar-refractivity contribution in [3.8, 4) is 5.75 Å². The van der Waals surface area contributed by atoms with Crippen LogP contribution in [-0.2, 0) is 11.3 Å². The van der Waals surface area contributed by atoms with Gasteiger partial charge in [0.05, 0.1) is 29.5 Å². The fourth-order valence-electron chi connectivity index (χ4n) is 3.04. The fourth-order valence-corrected chi connectivity index (χ4v) is 3.97. The molecule has 156 valence electrons. The van der Waals surface area contributed by atoms with E-state index < -0.39 is 0 Å². The van der Waals surface area contributed by atoms with Gasteiger partial charge in [0.1, 0.15) is 5.75 Å². The second kappa shape index (κ2) is 9.68. The maximum absolute atomic E-state index is 12.2. The van der Waals surface area contributed by atoms with Crippen LogP contribution < -0.4 is 5.43 Å². The molecule has 31 heavy (non-hydrogen) atoms. The summed E-state index contributed by atoms with van der Waals surface area (Å²) in [6, 6.07) is 22.2. The van der Waals surface area contributed by atoms with E-state index in [1.54, 1.807) is 24.3 Å². The molecule has 1 aromatic heterocycles. The second-order valence-electron chi connectivity index (χ2n) is 6.77. The summed E-state index contributed by atoms with van der Waals surface area (Å²) in [4.78, 5) is 16.9. The highest BCUT2D eigenvalue weighted by atomic mass is 35.5. The number of rotatable bonds is 7. The van der Waals surface area contributed by atoms with Gasteiger partial charge >= 0.3 is 0 Å². The first-order valence-electron chi connectivity index (χ1n) is 9.52. The third-order valence-corrected chi connectivity index (χ3v) is 5.71. The summed E-state index contributed by atoms with van der Waals surface area (Å²) in [7, 11) is 0. The van der Waals surface area contributed by atoms with Crippen LogP contribution in [0.3, 0.4) is 0 Å². The van der Waals surface area contributed by atoms with E-state index in [1.807, 2.05) is 48.5 Å². The van der Waals surface area contributed by atoms with Crippen LogP contribution in [0.1, 0.15) is 11.1 Å². The van der Waals surface area contributed by atoms with Gasteiger partial charge in [-0.25, -0.2) is 10.4 Å². The number of nitrogens with one attached hydrogen (secondary N) is 1. The lowest BCUT2D eigenvalue weighted by atomic mass is 10.2. The number of hydrogen-bond donors (Lipinski definition) is 2. The number of benzene rings is 3. The Hall–Kier alpha value is -3.29. The fraction of sp³-hybridized carbons (Fsp3) is 0.0870. The van der Waals surface area contributed by atoms with E-state index in [0.717, 1.165) is 21.8 Å². The maximum atomic E-state index is 12.2. The van der Waals surface area contributed by atoms with E-state index in [4.69, 9.17) is 11.6 Å². The molecule has 0 saturated carbocycles. The number of phenols is 1. The zero-order valence-electron chi connectivity index (χ0n) is 16.4. The summed E-state index contributed by atoms with van der Waals surface area (Å²) in [5.74, 6) is 0.0679. The Morgan fingerprint density at radius 2 is 1.94 bits per heavy atom. The molecule has 6 nitrogen and oxygen atoms in total. The minimum absolute atomic E-state index is 0.144. The topological polar surface area (TPSA) is 79.5 Å². The molecule has 0 unspecified atom stereocenters. The number of fused-ring (bicyclic) bond motifs is 1. The van der Waals surface area contributed by atoms with E-state index in [9.17, 15) is 9.90 Å². The van der Waals surface area contributed by atoms with E-state index >= 15 is 0 Å². The largest absolute Gasteiger partial charge is 0.508 e. The van der Waals surface area contributed by atoms with Gasteiger partial charge < -0.3 is 9.67 Å². The standard InChI is InChI=1S/C23H19ClN4O2S/c24-18-10-8-16(9-11-18)14-28-21-7-2-1-6-20(21)26-23(28)31-15-22(30)27-25-13-17-4-3-5-19(29)12-17/h1-13,29H,14-15H2,(H,27,30)/b25-13-. The summed E-state index contributed by atoms with van der Waals surface area (Å²) < 4.78 is 2.09. The molecular formula is C23H19ClN4O2S. The molecule has 2 N–H and O–H groups in total. The second-order valence-corrected chi connectivity index (χ2v) is 8.15. The Morgan fingerprint density at radius 3 is 2.74 bits per heavy atom. The van der Waals surface area contributed by atoms with Crippen LogP contribution in [0.15, 0.2) is 83.1 Å². The van der Waals surface area contributed by atoms with Gasteiger partial charge in [-0.1, -0.05) is 59.8 Å². The van der Waals surface area contributed by atoms with E-state index in [-0.39, 0.29) is 17.4 Å². The normalized spacial score (nSPS) is 11.3. The van der Waals surface area contributed by atoms with Crippen LogP contribution in [0.25, 0.3) is 11.0 Å². The van der Waals surface area contributed by atoms with Crippen molar-refractivity contribution < 1.29 is 9.90 Å². The van der Waals surface area contributed by atoms with Gasteiger partial charge in [-0.3, -0.25) is 4.79 Å². The third kappa shape index (κ3) is 5.45. The smallest absolute Gasteiger partial charge is 0.250 e. The number of thioether (sulfide) groups is 1. The van der Waals surface area contributed by atoms with Crippen molar-refractivity contribution in [2.75, 3.05) is 5.75 Å². The van der Waals surface area contributed by atoms with Crippen molar-refractivity contribution in [1.82, 2.24) is 15.0 Å². The molecule has 0 aliphatic heterocycles. The molecule has 0 saturated heterocycles. The van der Waals surface area contributed by atoms with E-state index in [0.29, 0.717) is 17.1 Å². The summed E-state index contributed by atoms with van der Waals surface area (Å²) >= 11 is 7.35. The minimum atomic E-state index is -0.244. The number of para-hydroxylation sites is 2. The van der Waals surface area contributed by atoms with Gasteiger partial charge in [0.2, 0.25) is 0 Å². The number of hydrogen-bond acceptors (Lipinski definition) is 5. The molecule has 3 aromatic carbocycles. The molecule has 0 aliphatic rings. The Kier molecular flexibility index (Phi) is 6.54. The summed E-state index contributed by atoms with van der Waals surface area (Å²) in [6.45, 7) is 0.622. The van der Waals surface area contributed by atoms with Gasteiger partial charge in [-0.2, -0.15) is 5.10 Å². The van der Waals surface area contributed by atoms with Gasteiger partial charge in [0.25, 0.3) is 5.91 Å². The van der Waals surface area contributed by atoms with Gasteiger partial charge in [0, 0.05) is 5.02 Å². The number of imidazole rings is 1. The molecule has 4 aromatic rings. The van der Waals surface area contributed by atoms with Gasteiger partial charge in [-0.05, 0) is 47.5 Å². The zero-order valence-corrected chi connectivity index (χ0v) is 18.0. The summed E-state index contributed by atoms with van der Waals surface area (Å²) in [5.41, 5.74) is 6.17. The lowest BCUT2D eigenvalue weighted by Crippen LogP contribution is -2.20. The summed E-state index contributed by atoms with van der Waals surface area (Å²) in [6.07, 6.45) is 1.48. The number of aromatic hydroxyl groups is 1. The first-order valence-corrected chi connectivity index (χ1v) is 10.9. The van der Waals surface area contributed by atoms with E-state index in [2.05, 4.69) is 20.1 Å². The lowest BCUT2D eigenvalue weighted by Gasteiger charge is -2.09. The average molecular weight is 451 g/mol. The number of halogens is 1. The zero-order chi connectivity index (χ0) is 21.6. The first-order chi connectivity index (χ1) is 15.1. The monoisotopic (exact) mass is 450 g/mol. The molecule has 4 rings (SSSR count). The van der Waals surface area contributed by atoms with Crippen LogP contribution >= 0.6 is 23.4 Å². The maximum Gasteiger partial charge on any atom is 0.250 e. The van der Waals surface area contributed by atoms with Crippen molar-refractivity contribution in [2.45, 2.75) is 11.7 Å². The number of phenolic OH excluding ortho intramolecular Hbond substituents is 1. The Bertz CT molecular complexity index is 1240. The van der Waals surface area contributed by atoms with Crippen molar-refractivity contribution in [2.24, 2.45) is 5.10 Å². The predicted octanol–water partition coefficient (Wildman–Crippen LogP) is 4.69. The lowest BCUT2D eigenvalue weighted by molar-refractivity contribution is -0.118. The van der Waals surface area contributed by atoms with Crippen LogP contribution in [0.5, 0.6) is 5.75 Å². The van der Waals surface area contributed by atoms with Crippen LogP contribution in [0, 0.1) is 0 Å². The van der Waals surface area contributed by atoms with Crippen molar-refractivity contribution >= 4 is 46.5 Å². The van der Waals surface area contributed by atoms with E-state index in [1.165, 1.54) is 18.0 Å². The SMILES string of the molecule is O=C(CSc1nc2ccccc2n1Cc1ccc(Cl)cc1)N/N=C\c1cccc(O)c1. The highest BCUT2D eigenvalue weighted by Gasteiger charge is 2.13. The van der Waals surface area contributed by atoms with Gasteiger partial charge in [-0.15, -0.1) is 0 Å². The first kappa shape index (κ1) is 21.0. The Morgan fingerprint density at radius 1 is 1.13 bits per heavy atom. The Labute approximate surface area is 188 Å². The number of aromatic nitrogens is 2. The minimum Gasteiger partial charge on any atom is -0.508 e. The highest BCUT2D eigenvalue weighted by molar-refractivity contribution is 7.99.